The van der Waals surface area contributed by atoms with Crippen molar-refractivity contribution in [1.82, 2.24) is 4.98 Å². The standard InChI is InChI=1S/C20H20N2O/c1-20(2)15-9-4-5-11-17(15)22(3)19(20)13-8-12-18(23)16-10-6-7-14-21-16/h4-14H,1-3H3/b12-8+,19-13-. The van der Waals surface area contributed by atoms with Gasteiger partial charge in [-0.05, 0) is 35.9 Å². The molecule has 3 rings (SSSR count). The van der Waals surface area contributed by atoms with Crippen LogP contribution in [0.1, 0.15) is 29.9 Å². The third-order valence-electron chi connectivity index (χ3n) is 4.36. The fraction of sp³-hybridized carbons (Fsp3) is 0.200. The summed E-state index contributed by atoms with van der Waals surface area (Å²) in [7, 11) is 2.06. The van der Waals surface area contributed by atoms with E-state index in [0.29, 0.717) is 5.69 Å². The minimum absolute atomic E-state index is 0.0796. The van der Waals surface area contributed by atoms with Gasteiger partial charge in [0.05, 0.1) is 0 Å². The number of benzene rings is 1. The number of aromatic nitrogens is 1. The second-order valence-electron chi connectivity index (χ2n) is 6.19. The fourth-order valence-electron chi connectivity index (χ4n) is 3.12. The van der Waals surface area contributed by atoms with E-state index in [4.69, 9.17) is 0 Å². The molecule has 2 aromatic rings. The van der Waals surface area contributed by atoms with E-state index < -0.39 is 0 Å². The summed E-state index contributed by atoms with van der Waals surface area (Å²) in [6.45, 7) is 4.41. The molecule has 1 aromatic heterocycles. The van der Waals surface area contributed by atoms with Crippen LogP contribution in [0.3, 0.4) is 0 Å². The molecule has 0 radical (unpaired) electrons. The summed E-state index contributed by atoms with van der Waals surface area (Å²) < 4.78 is 0. The van der Waals surface area contributed by atoms with Gasteiger partial charge < -0.3 is 4.90 Å². The fourth-order valence-corrected chi connectivity index (χ4v) is 3.12. The first-order chi connectivity index (χ1) is 11.0. The highest BCUT2D eigenvalue weighted by atomic mass is 16.1. The third-order valence-corrected chi connectivity index (χ3v) is 4.36. The Kier molecular flexibility index (Phi) is 3.87. The van der Waals surface area contributed by atoms with Crippen LogP contribution < -0.4 is 4.90 Å². The van der Waals surface area contributed by atoms with Crippen LogP contribution in [0.4, 0.5) is 5.69 Å². The molecule has 23 heavy (non-hydrogen) atoms. The average Bonchev–Trinajstić information content (AvgIpc) is 2.76. The predicted molar refractivity (Wildman–Crippen MR) is 93.7 cm³/mol. The lowest BCUT2D eigenvalue weighted by molar-refractivity contribution is 0.104. The quantitative estimate of drug-likeness (QED) is 0.631. The Morgan fingerprint density at radius 3 is 2.57 bits per heavy atom. The van der Waals surface area contributed by atoms with Gasteiger partial charge in [-0.25, -0.2) is 0 Å². The molecule has 0 N–H and O–H groups in total. The van der Waals surface area contributed by atoms with E-state index in [1.807, 2.05) is 18.2 Å². The number of nitrogens with zero attached hydrogens (tertiary/aromatic N) is 2. The lowest BCUT2D eigenvalue weighted by Gasteiger charge is -2.23. The molecule has 0 aliphatic carbocycles. The molecular formula is C20H20N2O. The molecule has 0 atom stereocenters. The van der Waals surface area contributed by atoms with Crippen LogP contribution in [0.25, 0.3) is 0 Å². The highest BCUT2D eigenvalue weighted by molar-refractivity contribution is 6.03. The Bertz CT molecular complexity index is 788. The first-order valence-corrected chi connectivity index (χ1v) is 7.69. The number of para-hydroxylation sites is 1. The van der Waals surface area contributed by atoms with Gasteiger partial charge in [0.2, 0.25) is 5.78 Å². The highest BCUT2D eigenvalue weighted by Crippen LogP contribution is 2.46. The van der Waals surface area contributed by atoms with Gasteiger partial charge in [0, 0.05) is 30.0 Å². The summed E-state index contributed by atoms with van der Waals surface area (Å²) in [6, 6.07) is 13.7. The normalized spacial score (nSPS) is 17.7. The van der Waals surface area contributed by atoms with Crippen LogP contribution in [-0.4, -0.2) is 17.8 Å². The van der Waals surface area contributed by atoms with Crippen molar-refractivity contribution in [3.63, 3.8) is 0 Å². The van der Waals surface area contributed by atoms with Gasteiger partial charge in [-0.1, -0.05) is 44.2 Å². The number of allylic oxidation sites excluding steroid dienone is 4. The molecular weight excluding hydrogens is 284 g/mol. The van der Waals surface area contributed by atoms with E-state index in [1.165, 1.54) is 16.9 Å². The largest absolute Gasteiger partial charge is 0.347 e. The summed E-state index contributed by atoms with van der Waals surface area (Å²) >= 11 is 0. The number of ketones is 1. The molecule has 116 valence electrons. The number of hydrogen-bond donors (Lipinski definition) is 0. The topological polar surface area (TPSA) is 33.2 Å². The van der Waals surface area contributed by atoms with Crippen LogP contribution in [0.5, 0.6) is 0 Å². The molecule has 1 aliphatic heterocycles. The molecule has 0 saturated heterocycles. The second kappa shape index (κ2) is 5.84. The van der Waals surface area contributed by atoms with E-state index in [1.54, 1.807) is 24.4 Å². The number of hydrogen-bond acceptors (Lipinski definition) is 3. The van der Waals surface area contributed by atoms with E-state index >= 15 is 0 Å². The molecule has 1 aromatic carbocycles. The van der Waals surface area contributed by atoms with Gasteiger partial charge in [0.25, 0.3) is 0 Å². The van der Waals surface area contributed by atoms with Crippen LogP contribution in [0.2, 0.25) is 0 Å². The Morgan fingerprint density at radius 2 is 1.87 bits per heavy atom. The van der Waals surface area contributed by atoms with Gasteiger partial charge in [-0.3, -0.25) is 9.78 Å². The zero-order chi connectivity index (χ0) is 16.4. The Morgan fingerprint density at radius 1 is 1.13 bits per heavy atom. The van der Waals surface area contributed by atoms with Crippen molar-refractivity contribution in [3.8, 4) is 0 Å². The smallest absolute Gasteiger partial charge is 0.204 e. The van der Waals surface area contributed by atoms with Crippen molar-refractivity contribution >= 4 is 11.5 Å². The molecule has 0 spiro atoms. The number of likely N-dealkylation sites (N-methyl/N-ethyl adjacent to an activating group) is 1. The van der Waals surface area contributed by atoms with Gasteiger partial charge in [0.1, 0.15) is 5.69 Å². The Balaban J connectivity index is 1.86. The molecule has 2 heterocycles. The molecule has 0 amide bonds. The number of carbonyl (C=O) groups excluding carboxylic acids is 1. The lowest BCUT2D eigenvalue weighted by Crippen LogP contribution is -2.22. The summed E-state index contributed by atoms with van der Waals surface area (Å²) in [5.74, 6) is -0.0848. The van der Waals surface area contributed by atoms with Crippen molar-refractivity contribution in [2.45, 2.75) is 19.3 Å². The third kappa shape index (κ3) is 2.70. The molecule has 1 aliphatic rings. The molecule has 0 fully saturated rings. The average molecular weight is 304 g/mol. The van der Waals surface area contributed by atoms with Crippen molar-refractivity contribution in [2.24, 2.45) is 0 Å². The van der Waals surface area contributed by atoms with E-state index in [2.05, 4.69) is 55.0 Å². The van der Waals surface area contributed by atoms with Crippen LogP contribution in [0.15, 0.2) is 72.6 Å². The number of fused-ring (bicyclic) bond motifs is 1. The van der Waals surface area contributed by atoms with E-state index in [-0.39, 0.29) is 11.2 Å². The van der Waals surface area contributed by atoms with Crippen molar-refractivity contribution in [1.29, 1.82) is 0 Å². The number of anilines is 1. The molecule has 0 unspecified atom stereocenters. The summed E-state index contributed by atoms with van der Waals surface area (Å²) in [4.78, 5) is 18.3. The first kappa shape index (κ1) is 15.2. The van der Waals surface area contributed by atoms with Crippen LogP contribution in [0, 0.1) is 0 Å². The Labute approximate surface area is 137 Å². The zero-order valence-electron chi connectivity index (χ0n) is 13.7. The molecule has 0 bridgehead atoms. The Hall–Kier alpha value is -2.68. The van der Waals surface area contributed by atoms with Gasteiger partial charge in [0.15, 0.2) is 0 Å². The van der Waals surface area contributed by atoms with Crippen LogP contribution >= 0.6 is 0 Å². The molecule has 3 heteroatoms. The zero-order valence-corrected chi connectivity index (χ0v) is 13.7. The minimum Gasteiger partial charge on any atom is -0.347 e. The number of carbonyl (C=O) groups is 1. The van der Waals surface area contributed by atoms with Gasteiger partial charge in [-0.15, -0.1) is 0 Å². The second-order valence-corrected chi connectivity index (χ2v) is 6.19. The maximum atomic E-state index is 12.1. The van der Waals surface area contributed by atoms with Gasteiger partial charge >= 0.3 is 0 Å². The predicted octanol–water partition coefficient (Wildman–Crippen LogP) is 4.13. The van der Waals surface area contributed by atoms with Crippen LogP contribution in [-0.2, 0) is 5.41 Å². The van der Waals surface area contributed by atoms with E-state index in [9.17, 15) is 4.79 Å². The van der Waals surface area contributed by atoms with Crippen molar-refractivity contribution in [2.75, 3.05) is 11.9 Å². The van der Waals surface area contributed by atoms with Gasteiger partial charge in [-0.2, -0.15) is 0 Å². The maximum Gasteiger partial charge on any atom is 0.204 e. The lowest BCUT2D eigenvalue weighted by atomic mass is 9.84. The summed E-state index contributed by atoms with van der Waals surface area (Å²) in [6.07, 6.45) is 7.03. The van der Waals surface area contributed by atoms with Crippen molar-refractivity contribution < 1.29 is 4.79 Å². The summed E-state index contributed by atoms with van der Waals surface area (Å²) in [5.41, 5.74) is 4.07. The monoisotopic (exact) mass is 304 g/mol. The SMILES string of the molecule is CN1/C(=C\C=C\C(=O)c2ccccn2)C(C)(C)c2ccccc21. The number of pyridine rings is 1. The highest BCUT2D eigenvalue weighted by Gasteiger charge is 2.37. The minimum atomic E-state index is -0.0848. The maximum absolute atomic E-state index is 12.1. The molecule has 3 nitrogen and oxygen atoms in total. The first-order valence-electron chi connectivity index (χ1n) is 7.69. The summed E-state index contributed by atoms with van der Waals surface area (Å²) in [5, 5.41) is 0. The van der Waals surface area contributed by atoms with Crippen molar-refractivity contribution in [3.05, 3.63) is 83.8 Å². The number of rotatable bonds is 3. The molecule has 0 saturated carbocycles. The van der Waals surface area contributed by atoms with E-state index in [0.717, 1.165) is 0 Å².